The lowest BCUT2D eigenvalue weighted by Crippen LogP contribution is -2.01. The van der Waals surface area contributed by atoms with Gasteiger partial charge in [-0.05, 0) is 24.3 Å². The lowest BCUT2D eigenvalue weighted by molar-refractivity contribution is -0.387. The largest absolute Gasteiger partial charge is 0.508 e. The number of hydrogen-bond acceptors (Lipinski definition) is 4. The zero-order chi connectivity index (χ0) is 14.7. The van der Waals surface area contributed by atoms with Gasteiger partial charge in [-0.2, -0.15) is 4.39 Å². The van der Waals surface area contributed by atoms with E-state index in [1.54, 1.807) is 0 Å². The van der Waals surface area contributed by atoms with Crippen LogP contribution in [0.15, 0.2) is 36.4 Å². The Morgan fingerprint density at radius 2 is 1.95 bits per heavy atom. The van der Waals surface area contributed by atoms with Crippen molar-refractivity contribution in [3.05, 3.63) is 63.7 Å². The van der Waals surface area contributed by atoms with Gasteiger partial charge in [0.05, 0.1) is 4.92 Å². The summed E-state index contributed by atoms with van der Waals surface area (Å²) in [6.45, 7) is 0.0564. The number of phenolic OH excluding ortho intramolecular Hbond substituents is 1. The van der Waals surface area contributed by atoms with Crippen molar-refractivity contribution in [2.45, 2.75) is 6.54 Å². The minimum absolute atomic E-state index is 0.0564. The van der Waals surface area contributed by atoms with Crippen LogP contribution in [0.1, 0.15) is 5.56 Å². The van der Waals surface area contributed by atoms with E-state index in [1.165, 1.54) is 12.1 Å². The van der Waals surface area contributed by atoms with E-state index in [1.807, 2.05) is 0 Å². The maximum atomic E-state index is 13.4. The molecule has 0 heterocycles. The van der Waals surface area contributed by atoms with E-state index in [2.05, 4.69) is 5.32 Å². The Morgan fingerprint density at radius 1 is 1.20 bits per heavy atom. The van der Waals surface area contributed by atoms with Crippen molar-refractivity contribution in [3.8, 4) is 5.75 Å². The molecular formula is C13H10F2N2O3. The number of aromatic hydroxyl groups is 1. The van der Waals surface area contributed by atoms with Gasteiger partial charge >= 0.3 is 5.69 Å². The lowest BCUT2D eigenvalue weighted by atomic mass is 10.2. The van der Waals surface area contributed by atoms with Gasteiger partial charge < -0.3 is 10.4 Å². The van der Waals surface area contributed by atoms with Gasteiger partial charge in [-0.3, -0.25) is 10.1 Å². The number of halogens is 2. The number of nitrogens with zero attached hydrogens (tertiary/aromatic N) is 1. The van der Waals surface area contributed by atoms with Crippen LogP contribution in [0.2, 0.25) is 0 Å². The predicted octanol–water partition coefficient (Wildman–Crippen LogP) is 3.19. The summed E-state index contributed by atoms with van der Waals surface area (Å²) in [6, 6.07) is 6.80. The van der Waals surface area contributed by atoms with E-state index in [0.29, 0.717) is 5.56 Å². The van der Waals surface area contributed by atoms with E-state index < -0.39 is 22.2 Å². The van der Waals surface area contributed by atoms with Crippen LogP contribution in [0.5, 0.6) is 5.75 Å². The quantitative estimate of drug-likeness (QED) is 0.666. The number of nitro groups is 1. The van der Waals surface area contributed by atoms with Crippen LogP contribution >= 0.6 is 0 Å². The van der Waals surface area contributed by atoms with Crippen LogP contribution in [0.25, 0.3) is 0 Å². The summed E-state index contributed by atoms with van der Waals surface area (Å²) in [5.74, 6) is -1.57. The van der Waals surface area contributed by atoms with E-state index in [9.17, 15) is 24.0 Å². The number of nitrogens with one attached hydrogen (secondary N) is 1. The molecule has 5 nitrogen and oxygen atoms in total. The highest BCUT2D eigenvalue weighted by molar-refractivity contribution is 5.50. The van der Waals surface area contributed by atoms with E-state index >= 15 is 0 Å². The van der Waals surface area contributed by atoms with Crippen molar-refractivity contribution in [2.24, 2.45) is 0 Å². The molecule has 0 amide bonds. The van der Waals surface area contributed by atoms with Gasteiger partial charge in [0.25, 0.3) is 0 Å². The Labute approximate surface area is 112 Å². The maximum absolute atomic E-state index is 13.4. The number of anilines is 1. The second kappa shape index (κ2) is 5.52. The molecule has 0 saturated heterocycles. The molecule has 0 spiro atoms. The predicted molar refractivity (Wildman–Crippen MR) is 68.4 cm³/mol. The molecule has 0 aliphatic rings. The molecule has 0 saturated carbocycles. The number of hydrogen-bond donors (Lipinski definition) is 2. The third-order valence-corrected chi connectivity index (χ3v) is 2.67. The monoisotopic (exact) mass is 280 g/mol. The molecule has 20 heavy (non-hydrogen) atoms. The summed E-state index contributed by atoms with van der Waals surface area (Å²) in [4.78, 5) is 9.64. The van der Waals surface area contributed by atoms with E-state index in [-0.39, 0.29) is 18.0 Å². The Bertz CT molecular complexity index is 662. The third-order valence-electron chi connectivity index (χ3n) is 2.67. The molecule has 2 rings (SSSR count). The number of benzene rings is 2. The number of phenols is 1. The topological polar surface area (TPSA) is 75.4 Å². The van der Waals surface area contributed by atoms with Crippen LogP contribution in [-0.4, -0.2) is 10.0 Å². The molecule has 0 aliphatic carbocycles. The van der Waals surface area contributed by atoms with Crippen LogP contribution in [-0.2, 0) is 6.54 Å². The molecule has 0 radical (unpaired) electrons. The molecular weight excluding hydrogens is 270 g/mol. The average molecular weight is 280 g/mol. The molecule has 2 aromatic rings. The highest BCUT2D eigenvalue weighted by Gasteiger charge is 2.13. The minimum atomic E-state index is -0.969. The highest BCUT2D eigenvalue weighted by Crippen LogP contribution is 2.23. The lowest BCUT2D eigenvalue weighted by Gasteiger charge is -2.08. The fourth-order valence-corrected chi connectivity index (χ4v) is 1.66. The van der Waals surface area contributed by atoms with Gasteiger partial charge in [-0.25, -0.2) is 4.39 Å². The summed E-state index contributed by atoms with van der Waals surface area (Å²) in [5.41, 5.74) is -0.0373. The van der Waals surface area contributed by atoms with Crippen molar-refractivity contribution in [1.29, 1.82) is 0 Å². The van der Waals surface area contributed by atoms with Gasteiger partial charge in [-0.1, -0.05) is 0 Å². The summed E-state index contributed by atoms with van der Waals surface area (Å²) in [7, 11) is 0. The summed E-state index contributed by atoms with van der Waals surface area (Å²) < 4.78 is 26.4. The van der Waals surface area contributed by atoms with Crippen LogP contribution in [0, 0.1) is 21.7 Å². The Balaban J connectivity index is 2.13. The normalized spacial score (nSPS) is 10.3. The van der Waals surface area contributed by atoms with Crippen molar-refractivity contribution >= 4 is 11.4 Å². The Morgan fingerprint density at radius 3 is 2.60 bits per heavy atom. The fraction of sp³-hybridized carbons (Fsp3) is 0.0769. The number of nitro benzene ring substituents is 1. The summed E-state index contributed by atoms with van der Waals surface area (Å²) >= 11 is 0. The number of rotatable bonds is 4. The molecule has 0 aromatic heterocycles. The second-order valence-corrected chi connectivity index (χ2v) is 4.05. The van der Waals surface area contributed by atoms with Gasteiger partial charge in [0.2, 0.25) is 5.82 Å². The van der Waals surface area contributed by atoms with Gasteiger partial charge in [0.15, 0.2) is 0 Å². The van der Waals surface area contributed by atoms with Crippen molar-refractivity contribution < 1.29 is 18.8 Å². The van der Waals surface area contributed by atoms with Gasteiger partial charge in [-0.15, -0.1) is 0 Å². The van der Waals surface area contributed by atoms with Crippen LogP contribution in [0.3, 0.4) is 0 Å². The van der Waals surface area contributed by atoms with Crippen molar-refractivity contribution in [2.75, 3.05) is 5.32 Å². The first-order valence-corrected chi connectivity index (χ1v) is 5.62. The first-order valence-electron chi connectivity index (χ1n) is 5.62. The van der Waals surface area contributed by atoms with E-state index in [4.69, 9.17) is 0 Å². The van der Waals surface area contributed by atoms with Crippen molar-refractivity contribution in [1.82, 2.24) is 0 Å². The van der Waals surface area contributed by atoms with Gasteiger partial charge in [0, 0.05) is 29.9 Å². The molecule has 0 bridgehead atoms. The van der Waals surface area contributed by atoms with Gasteiger partial charge in [0.1, 0.15) is 11.6 Å². The zero-order valence-corrected chi connectivity index (χ0v) is 10.1. The maximum Gasteiger partial charge on any atom is 0.304 e. The van der Waals surface area contributed by atoms with Crippen LogP contribution < -0.4 is 5.32 Å². The molecule has 0 fully saturated rings. The third kappa shape index (κ3) is 3.00. The zero-order valence-electron chi connectivity index (χ0n) is 10.1. The smallest absolute Gasteiger partial charge is 0.304 e. The van der Waals surface area contributed by atoms with E-state index in [0.717, 1.165) is 24.3 Å². The molecule has 2 aromatic carbocycles. The Kier molecular flexibility index (Phi) is 3.79. The summed E-state index contributed by atoms with van der Waals surface area (Å²) in [5, 5.41) is 22.7. The SMILES string of the molecule is O=[N+]([O-])c1ccc(NCc2cc(F)ccc2O)cc1F. The first kappa shape index (κ1) is 13.7. The van der Waals surface area contributed by atoms with Crippen LogP contribution in [0.4, 0.5) is 20.2 Å². The molecule has 0 atom stereocenters. The Hall–Kier alpha value is -2.70. The molecule has 7 heteroatoms. The fourth-order valence-electron chi connectivity index (χ4n) is 1.66. The standard InChI is InChI=1S/C13H10F2N2O3/c14-9-1-4-13(18)8(5-9)7-16-10-2-3-12(17(19)20)11(15)6-10/h1-6,16,18H,7H2. The highest BCUT2D eigenvalue weighted by atomic mass is 19.1. The molecule has 0 aliphatic heterocycles. The average Bonchev–Trinajstić information content (AvgIpc) is 2.39. The molecule has 2 N–H and O–H groups in total. The first-order chi connectivity index (χ1) is 9.47. The minimum Gasteiger partial charge on any atom is -0.508 e. The molecule has 104 valence electrons. The summed E-state index contributed by atoms with van der Waals surface area (Å²) in [6.07, 6.45) is 0. The molecule has 0 unspecified atom stereocenters. The second-order valence-electron chi connectivity index (χ2n) is 4.05. The van der Waals surface area contributed by atoms with Crippen molar-refractivity contribution in [3.63, 3.8) is 0 Å².